The minimum atomic E-state index is 0.213. The van der Waals surface area contributed by atoms with Gasteiger partial charge in [-0.2, -0.15) is 0 Å². The Labute approximate surface area is 349 Å². The lowest BCUT2D eigenvalue weighted by Gasteiger charge is -2.28. The third kappa shape index (κ3) is 8.47. The number of benzene rings is 2. The van der Waals surface area contributed by atoms with Gasteiger partial charge in [-0.05, 0) is 125 Å². The molecule has 0 spiro atoms. The second kappa shape index (κ2) is 17.1. The van der Waals surface area contributed by atoms with Crippen molar-refractivity contribution in [3.05, 3.63) is 130 Å². The van der Waals surface area contributed by atoms with Crippen LogP contribution in [0.15, 0.2) is 85.2 Å². The Kier molecular flexibility index (Phi) is 11.4. The average Bonchev–Trinajstić information content (AvgIpc) is 3.76. The third-order valence-corrected chi connectivity index (χ3v) is 12.2. The molecule has 0 bridgehead atoms. The Balaban J connectivity index is 0.000000150. The SMILES string of the molecule is CN1Cc2cc(Cl)ccc2-n2c(nnc2C2CCC(Oc3ccccn3)CC2)C1.CN1Cc2cc(Cl)ccc2-n2c(nnc2C2CCC(Oc3ccccn3)CC2)C1. The quantitative estimate of drug-likeness (QED) is 0.162. The molecule has 14 heteroatoms. The van der Waals surface area contributed by atoms with Crippen molar-refractivity contribution in [3.8, 4) is 23.1 Å². The molecular formula is C44H48Cl2N10O2. The lowest BCUT2D eigenvalue weighted by Crippen LogP contribution is -2.25. The molecule has 4 aromatic heterocycles. The Hall–Kier alpha value is -4.88. The Morgan fingerprint density at radius 1 is 0.517 bits per heavy atom. The van der Waals surface area contributed by atoms with Gasteiger partial charge in [0.05, 0.1) is 24.5 Å². The van der Waals surface area contributed by atoms with Crippen molar-refractivity contribution >= 4 is 23.2 Å². The van der Waals surface area contributed by atoms with Gasteiger partial charge in [0, 0.05) is 59.5 Å². The van der Waals surface area contributed by atoms with Crippen molar-refractivity contribution in [2.24, 2.45) is 0 Å². The summed E-state index contributed by atoms with van der Waals surface area (Å²) in [5.41, 5.74) is 4.74. The summed E-state index contributed by atoms with van der Waals surface area (Å²) in [5.74, 6) is 6.30. The lowest BCUT2D eigenvalue weighted by molar-refractivity contribution is 0.138. The first-order valence-corrected chi connectivity index (χ1v) is 21.1. The first kappa shape index (κ1) is 38.6. The highest BCUT2D eigenvalue weighted by Gasteiger charge is 2.32. The van der Waals surface area contributed by atoms with Crippen molar-refractivity contribution in [1.82, 2.24) is 49.3 Å². The van der Waals surface area contributed by atoms with E-state index in [4.69, 9.17) is 32.7 Å². The van der Waals surface area contributed by atoms with Gasteiger partial charge >= 0.3 is 0 Å². The van der Waals surface area contributed by atoms with Crippen molar-refractivity contribution in [3.63, 3.8) is 0 Å². The number of ether oxygens (including phenoxy) is 2. The summed E-state index contributed by atoms with van der Waals surface area (Å²) in [7, 11) is 4.21. The molecule has 6 aromatic rings. The van der Waals surface area contributed by atoms with E-state index in [-0.39, 0.29) is 12.2 Å². The van der Waals surface area contributed by atoms with Crippen molar-refractivity contribution in [2.45, 2.75) is 102 Å². The van der Waals surface area contributed by atoms with Gasteiger partial charge in [-0.1, -0.05) is 35.3 Å². The van der Waals surface area contributed by atoms with Crippen LogP contribution < -0.4 is 9.47 Å². The number of halogens is 2. The molecule has 0 amide bonds. The number of pyridine rings is 2. The largest absolute Gasteiger partial charge is 0.474 e. The molecule has 0 unspecified atom stereocenters. The number of fused-ring (bicyclic) bond motifs is 6. The van der Waals surface area contributed by atoms with Crippen LogP contribution >= 0.6 is 23.2 Å². The molecule has 58 heavy (non-hydrogen) atoms. The highest BCUT2D eigenvalue weighted by atomic mass is 35.5. The predicted octanol–water partition coefficient (Wildman–Crippen LogP) is 8.73. The number of hydrogen-bond donors (Lipinski definition) is 0. The van der Waals surface area contributed by atoms with E-state index in [1.807, 2.05) is 48.5 Å². The van der Waals surface area contributed by atoms with Crippen LogP contribution in [0.3, 0.4) is 0 Å². The molecule has 2 aromatic carbocycles. The van der Waals surface area contributed by atoms with Crippen molar-refractivity contribution in [2.75, 3.05) is 14.1 Å². The summed E-state index contributed by atoms with van der Waals surface area (Å²) in [5, 5.41) is 19.9. The minimum absolute atomic E-state index is 0.213. The number of rotatable bonds is 6. The van der Waals surface area contributed by atoms with Crippen molar-refractivity contribution in [1.29, 1.82) is 0 Å². The summed E-state index contributed by atoms with van der Waals surface area (Å²) in [6, 6.07) is 23.8. The van der Waals surface area contributed by atoms with Gasteiger partial charge in [0.25, 0.3) is 0 Å². The molecule has 2 aliphatic heterocycles. The molecule has 2 fully saturated rings. The van der Waals surface area contributed by atoms with Crippen LogP contribution in [0.4, 0.5) is 0 Å². The van der Waals surface area contributed by atoms with Crippen LogP contribution in [-0.4, -0.2) is 75.6 Å². The van der Waals surface area contributed by atoms with Crippen LogP contribution in [-0.2, 0) is 26.2 Å². The smallest absolute Gasteiger partial charge is 0.213 e. The van der Waals surface area contributed by atoms with Gasteiger partial charge in [-0.3, -0.25) is 18.9 Å². The molecule has 10 rings (SSSR count). The fraction of sp³-hybridized carbons (Fsp3) is 0.409. The monoisotopic (exact) mass is 818 g/mol. The van der Waals surface area contributed by atoms with Crippen molar-refractivity contribution < 1.29 is 9.47 Å². The molecule has 6 heterocycles. The van der Waals surface area contributed by atoms with E-state index in [1.165, 1.54) is 11.1 Å². The first-order valence-electron chi connectivity index (χ1n) is 20.3. The average molecular weight is 820 g/mol. The molecule has 0 saturated heterocycles. The van der Waals surface area contributed by atoms with Crippen LogP contribution in [0, 0.1) is 0 Å². The van der Waals surface area contributed by atoms with Gasteiger partial charge < -0.3 is 9.47 Å². The van der Waals surface area contributed by atoms with Gasteiger partial charge in [0.2, 0.25) is 11.8 Å². The Morgan fingerprint density at radius 2 is 0.948 bits per heavy atom. The zero-order chi connectivity index (χ0) is 39.6. The van der Waals surface area contributed by atoms with E-state index < -0.39 is 0 Å². The van der Waals surface area contributed by atoms with E-state index in [1.54, 1.807) is 12.4 Å². The molecule has 0 N–H and O–H groups in total. The number of hydrogen-bond acceptors (Lipinski definition) is 10. The molecule has 0 atom stereocenters. The predicted molar refractivity (Wildman–Crippen MR) is 223 cm³/mol. The highest BCUT2D eigenvalue weighted by molar-refractivity contribution is 6.31. The van der Waals surface area contributed by atoms with Crippen LogP contribution in [0.5, 0.6) is 11.8 Å². The molecule has 2 saturated carbocycles. The highest BCUT2D eigenvalue weighted by Crippen LogP contribution is 2.38. The molecule has 4 aliphatic rings. The van der Waals surface area contributed by atoms with E-state index in [0.717, 1.165) is 122 Å². The fourth-order valence-electron chi connectivity index (χ4n) is 8.95. The Bertz CT molecular complexity index is 2160. The maximum atomic E-state index is 6.27. The van der Waals surface area contributed by atoms with Crippen LogP contribution in [0.25, 0.3) is 11.4 Å². The standard InChI is InChI=1S/2C22H24ClN5O/c2*1-27-13-16-12-17(23)7-10-19(16)28-20(14-27)25-26-22(28)15-5-8-18(9-6-15)29-21-4-2-3-11-24-21/h2*2-4,7,10-12,15,18H,5-6,8-9,13-14H2,1H3. The molecule has 300 valence electrons. The minimum Gasteiger partial charge on any atom is -0.474 e. The number of aromatic nitrogens is 8. The summed E-state index contributed by atoms with van der Waals surface area (Å²) in [6.45, 7) is 3.25. The second-order valence-corrected chi connectivity index (χ2v) is 16.9. The summed E-state index contributed by atoms with van der Waals surface area (Å²) in [6.07, 6.45) is 12.1. The van der Waals surface area contributed by atoms with E-state index >= 15 is 0 Å². The fourth-order valence-corrected chi connectivity index (χ4v) is 9.34. The summed E-state index contributed by atoms with van der Waals surface area (Å²) >= 11 is 12.5. The molecular weight excluding hydrogens is 771 g/mol. The molecule has 12 nitrogen and oxygen atoms in total. The van der Waals surface area contributed by atoms with Gasteiger partial charge in [-0.15, -0.1) is 20.4 Å². The van der Waals surface area contributed by atoms with Crippen LogP contribution in [0.2, 0.25) is 10.0 Å². The second-order valence-electron chi connectivity index (χ2n) is 16.0. The summed E-state index contributed by atoms with van der Waals surface area (Å²) < 4.78 is 16.7. The maximum absolute atomic E-state index is 6.27. The zero-order valence-corrected chi connectivity index (χ0v) is 34.4. The topological polar surface area (TPSA) is 112 Å². The Morgan fingerprint density at radius 3 is 1.34 bits per heavy atom. The van der Waals surface area contributed by atoms with Gasteiger partial charge in [0.15, 0.2) is 11.6 Å². The molecule has 0 radical (unpaired) electrons. The zero-order valence-electron chi connectivity index (χ0n) is 32.9. The maximum Gasteiger partial charge on any atom is 0.213 e. The summed E-state index contributed by atoms with van der Waals surface area (Å²) in [4.78, 5) is 13.1. The number of nitrogens with zero attached hydrogens (tertiary/aromatic N) is 10. The van der Waals surface area contributed by atoms with E-state index in [0.29, 0.717) is 23.6 Å². The molecule has 2 aliphatic carbocycles. The van der Waals surface area contributed by atoms with E-state index in [9.17, 15) is 0 Å². The normalized spacial score (nSPS) is 21.9. The van der Waals surface area contributed by atoms with Crippen LogP contribution in [0.1, 0.15) is 97.6 Å². The third-order valence-electron chi connectivity index (χ3n) is 11.7. The lowest BCUT2D eigenvalue weighted by atomic mass is 9.86. The van der Waals surface area contributed by atoms with Gasteiger partial charge in [0.1, 0.15) is 23.9 Å². The van der Waals surface area contributed by atoms with Gasteiger partial charge in [-0.25, -0.2) is 9.97 Å². The van der Waals surface area contributed by atoms with E-state index in [2.05, 4.69) is 87.7 Å². The first-order chi connectivity index (χ1) is 28.3.